The summed E-state index contributed by atoms with van der Waals surface area (Å²) >= 11 is 0. The summed E-state index contributed by atoms with van der Waals surface area (Å²) in [6.07, 6.45) is 7.87. The molecular formula is C14H24O. The van der Waals surface area contributed by atoms with Crippen molar-refractivity contribution >= 4 is 6.29 Å². The number of hydrogen-bond acceptors (Lipinski definition) is 1. The van der Waals surface area contributed by atoms with E-state index < -0.39 is 0 Å². The molecule has 0 N–H and O–H groups in total. The molecule has 0 heterocycles. The fraction of sp³-hybridized carbons (Fsp3) is 0.929. The second-order valence-corrected chi connectivity index (χ2v) is 6.19. The fourth-order valence-corrected chi connectivity index (χ4v) is 3.77. The Kier molecular flexibility index (Phi) is 2.92. The maximum Gasteiger partial charge on any atom is 0.122 e. The molecule has 0 aromatic rings. The number of carbonyl (C=O) groups excluding carboxylic acids is 1. The zero-order valence-electron chi connectivity index (χ0n) is 10.3. The van der Waals surface area contributed by atoms with Crippen molar-refractivity contribution in [2.24, 2.45) is 29.1 Å². The number of fused-ring (bicyclic) bond motifs is 1. The smallest absolute Gasteiger partial charge is 0.122 e. The van der Waals surface area contributed by atoms with Gasteiger partial charge in [0.25, 0.3) is 0 Å². The van der Waals surface area contributed by atoms with Crippen molar-refractivity contribution in [3.8, 4) is 0 Å². The second-order valence-electron chi connectivity index (χ2n) is 6.19. The van der Waals surface area contributed by atoms with Gasteiger partial charge in [-0.3, -0.25) is 0 Å². The number of aldehydes is 1. The Bertz CT molecular complexity index is 246. The summed E-state index contributed by atoms with van der Waals surface area (Å²) in [5.41, 5.74) is 0.731. The van der Waals surface area contributed by atoms with Crippen LogP contribution in [0.1, 0.15) is 52.9 Å². The number of hydrogen-bond donors (Lipinski definition) is 0. The Morgan fingerprint density at radius 2 is 2.13 bits per heavy atom. The Morgan fingerprint density at radius 3 is 2.60 bits per heavy atom. The van der Waals surface area contributed by atoms with Crippen molar-refractivity contribution in [2.45, 2.75) is 52.9 Å². The Balaban J connectivity index is 1.81. The average molecular weight is 208 g/mol. The third kappa shape index (κ3) is 1.86. The van der Waals surface area contributed by atoms with Crippen molar-refractivity contribution in [2.75, 3.05) is 0 Å². The van der Waals surface area contributed by atoms with Gasteiger partial charge in [-0.25, -0.2) is 0 Å². The lowest BCUT2D eigenvalue weighted by molar-refractivity contribution is -0.110. The van der Waals surface area contributed by atoms with Crippen LogP contribution >= 0.6 is 0 Å². The molecule has 2 saturated carbocycles. The van der Waals surface area contributed by atoms with Gasteiger partial charge in [-0.2, -0.15) is 0 Å². The van der Waals surface area contributed by atoms with E-state index in [2.05, 4.69) is 13.8 Å². The zero-order valence-corrected chi connectivity index (χ0v) is 10.3. The van der Waals surface area contributed by atoms with Crippen LogP contribution in [0.5, 0.6) is 0 Å². The van der Waals surface area contributed by atoms with Gasteiger partial charge in [-0.1, -0.05) is 20.8 Å². The Labute approximate surface area is 93.6 Å². The molecule has 0 radical (unpaired) electrons. The summed E-state index contributed by atoms with van der Waals surface area (Å²) in [4.78, 5) is 10.6. The third-order valence-electron chi connectivity index (χ3n) is 5.10. The van der Waals surface area contributed by atoms with Crippen LogP contribution in [-0.4, -0.2) is 6.29 Å². The predicted molar refractivity (Wildman–Crippen MR) is 62.6 cm³/mol. The van der Waals surface area contributed by atoms with Crippen LogP contribution < -0.4 is 0 Å². The van der Waals surface area contributed by atoms with Crippen molar-refractivity contribution in [3.05, 3.63) is 0 Å². The normalized spacial score (nSPS) is 40.3. The molecule has 2 rings (SSSR count). The van der Waals surface area contributed by atoms with Crippen molar-refractivity contribution in [1.29, 1.82) is 0 Å². The first-order chi connectivity index (χ1) is 7.10. The van der Waals surface area contributed by atoms with E-state index in [-0.39, 0.29) is 5.92 Å². The van der Waals surface area contributed by atoms with Crippen molar-refractivity contribution in [1.82, 2.24) is 0 Å². The van der Waals surface area contributed by atoms with Gasteiger partial charge in [0.2, 0.25) is 0 Å². The van der Waals surface area contributed by atoms with Crippen LogP contribution in [0.3, 0.4) is 0 Å². The van der Waals surface area contributed by atoms with Crippen molar-refractivity contribution < 1.29 is 4.79 Å². The van der Waals surface area contributed by atoms with Crippen LogP contribution in [0, 0.1) is 29.1 Å². The van der Waals surface area contributed by atoms with E-state index in [1.165, 1.54) is 25.7 Å². The van der Waals surface area contributed by atoms with E-state index >= 15 is 0 Å². The van der Waals surface area contributed by atoms with Gasteiger partial charge in [-0.15, -0.1) is 0 Å². The average Bonchev–Trinajstić information content (AvgIpc) is 2.86. The van der Waals surface area contributed by atoms with E-state index in [1.54, 1.807) is 0 Å². The molecule has 1 nitrogen and oxygen atoms in total. The van der Waals surface area contributed by atoms with Crippen molar-refractivity contribution in [3.63, 3.8) is 0 Å². The van der Waals surface area contributed by atoms with Gasteiger partial charge < -0.3 is 4.79 Å². The Morgan fingerprint density at radius 1 is 1.40 bits per heavy atom. The highest BCUT2D eigenvalue weighted by Crippen LogP contribution is 2.70. The monoisotopic (exact) mass is 208 g/mol. The van der Waals surface area contributed by atoms with Crippen LogP contribution in [0.2, 0.25) is 0 Å². The molecule has 15 heavy (non-hydrogen) atoms. The maximum absolute atomic E-state index is 10.6. The highest BCUT2D eigenvalue weighted by atomic mass is 16.1. The van der Waals surface area contributed by atoms with E-state index in [0.29, 0.717) is 0 Å². The van der Waals surface area contributed by atoms with Gasteiger partial charge >= 0.3 is 0 Å². The minimum absolute atomic E-state index is 0.276. The number of rotatable bonds is 5. The second kappa shape index (κ2) is 3.92. The van der Waals surface area contributed by atoms with Gasteiger partial charge in [0, 0.05) is 5.92 Å². The highest BCUT2D eigenvalue weighted by molar-refractivity contribution is 5.52. The van der Waals surface area contributed by atoms with Gasteiger partial charge in [0.15, 0.2) is 0 Å². The summed E-state index contributed by atoms with van der Waals surface area (Å²) in [5.74, 6) is 3.10. The summed E-state index contributed by atoms with van der Waals surface area (Å²) in [6.45, 7) is 6.82. The summed E-state index contributed by atoms with van der Waals surface area (Å²) < 4.78 is 0. The van der Waals surface area contributed by atoms with Crippen LogP contribution in [0.25, 0.3) is 0 Å². The molecule has 0 spiro atoms. The quantitative estimate of drug-likeness (QED) is 0.630. The molecule has 0 amide bonds. The molecule has 2 fully saturated rings. The van der Waals surface area contributed by atoms with Gasteiger partial charge in [0.1, 0.15) is 6.29 Å². The van der Waals surface area contributed by atoms with Crippen LogP contribution in [0.4, 0.5) is 0 Å². The van der Waals surface area contributed by atoms with E-state index in [4.69, 9.17) is 0 Å². The molecule has 0 bridgehead atoms. The molecule has 2 aliphatic carbocycles. The summed E-state index contributed by atoms with van der Waals surface area (Å²) in [6, 6.07) is 0. The lowest BCUT2D eigenvalue weighted by Gasteiger charge is -2.15. The molecule has 0 aliphatic heterocycles. The molecule has 86 valence electrons. The summed E-state index contributed by atoms with van der Waals surface area (Å²) in [5, 5.41) is 0. The minimum Gasteiger partial charge on any atom is -0.303 e. The van der Waals surface area contributed by atoms with Gasteiger partial charge in [-0.05, 0) is 55.3 Å². The van der Waals surface area contributed by atoms with E-state index in [9.17, 15) is 4.79 Å². The molecule has 0 aromatic carbocycles. The zero-order chi connectivity index (χ0) is 11.1. The standard InChI is InChI=1S/C14H24O/c1-10(2)14-7-6-12(13(14)8-14)5-4-11(3)9-15/h9-13H,4-8H2,1-3H3. The lowest BCUT2D eigenvalue weighted by Crippen LogP contribution is -2.08. The fourth-order valence-electron chi connectivity index (χ4n) is 3.77. The first-order valence-corrected chi connectivity index (χ1v) is 6.55. The largest absolute Gasteiger partial charge is 0.303 e. The minimum atomic E-state index is 0.276. The molecule has 4 unspecified atom stereocenters. The molecule has 0 aromatic heterocycles. The van der Waals surface area contributed by atoms with Gasteiger partial charge in [0.05, 0.1) is 0 Å². The third-order valence-corrected chi connectivity index (χ3v) is 5.10. The van der Waals surface area contributed by atoms with E-state index in [1.807, 2.05) is 6.92 Å². The maximum atomic E-state index is 10.6. The first kappa shape index (κ1) is 11.2. The molecule has 2 aliphatic rings. The number of carbonyl (C=O) groups is 1. The molecule has 1 heteroatoms. The van der Waals surface area contributed by atoms with E-state index in [0.717, 1.165) is 35.9 Å². The molecule has 0 saturated heterocycles. The summed E-state index contributed by atoms with van der Waals surface area (Å²) in [7, 11) is 0. The van der Waals surface area contributed by atoms with Crippen LogP contribution in [0.15, 0.2) is 0 Å². The lowest BCUT2D eigenvalue weighted by atomic mass is 9.90. The molecular weight excluding hydrogens is 184 g/mol. The Hall–Kier alpha value is -0.330. The predicted octanol–water partition coefficient (Wildman–Crippen LogP) is 3.67. The molecule has 4 atom stereocenters. The highest BCUT2D eigenvalue weighted by Gasteiger charge is 2.62. The topological polar surface area (TPSA) is 17.1 Å². The first-order valence-electron chi connectivity index (χ1n) is 6.55. The SMILES string of the molecule is CC(C=O)CCC1CCC2(C(C)C)CC12. The van der Waals surface area contributed by atoms with Crippen LogP contribution in [-0.2, 0) is 4.79 Å².